The van der Waals surface area contributed by atoms with Gasteiger partial charge in [-0.1, -0.05) is 53.2 Å². The van der Waals surface area contributed by atoms with E-state index in [2.05, 4.69) is 46.2 Å². The van der Waals surface area contributed by atoms with E-state index in [1.54, 1.807) is 12.4 Å². The minimum absolute atomic E-state index is 0.0568. The maximum absolute atomic E-state index is 13.1. The highest BCUT2D eigenvalue weighted by Crippen LogP contribution is 2.34. The fraction of sp³-hybridized carbons (Fsp3) is 0.233. The van der Waals surface area contributed by atoms with Crippen molar-refractivity contribution >= 4 is 22.8 Å². The van der Waals surface area contributed by atoms with E-state index in [4.69, 9.17) is 14.5 Å². The molecular weight excluding hydrogens is 476 g/mol. The molecule has 6 rings (SSSR count). The van der Waals surface area contributed by atoms with Crippen molar-refractivity contribution in [2.45, 2.75) is 19.8 Å². The molecular formula is C30H28N6O2. The Labute approximate surface area is 221 Å². The van der Waals surface area contributed by atoms with Gasteiger partial charge in [0.05, 0.1) is 0 Å². The molecule has 1 aliphatic heterocycles. The molecule has 38 heavy (non-hydrogen) atoms. The number of carbonyl (C=O) groups excluding carboxylic acids is 1. The first-order valence-electron chi connectivity index (χ1n) is 12.9. The topological polar surface area (TPSA) is 88.3 Å². The fourth-order valence-corrected chi connectivity index (χ4v) is 4.87. The van der Waals surface area contributed by atoms with Crippen LogP contribution in [-0.2, 0) is 6.42 Å². The molecule has 1 amide bonds. The molecule has 0 N–H and O–H groups in total. The van der Waals surface area contributed by atoms with E-state index >= 15 is 0 Å². The van der Waals surface area contributed by atoms with Gasteiger partial charge in [-0.15, -0.1) is 0 Å². The van der Waals surface area contributed by atoms with Gasteiger partial charge in [-0.2, -0.15) is 4.98 Å². The van der Waals surface area contributed by atoms with E-state index in [1.807, 2.05) is 47.4 Å². The van der Waals surface area contributed by atoms with Crippen LogP contribution in [0, 0.1) is 6.92 Å². The predicted molar refractivity (Wildman–Crippen MR) is 146 cm³/mol. The highest BCUT2D eigenvalue weighted by Gasteiger charge is 2.26. The molecule has 2 aromatic carbocycles. The lowest BCUT2D eigenvalue weighted by molar-refractivity contribution is 0.0767. The number of aromatic nitrogens is 4. The lowest BCUT2D eigenvalue weighted by Crippen LogP contribution is -2.35. The second kappa shape index (κ2) is 10.4. The summed E-state index contributed by atoms with van der Waals surface area (Å²) in [7, 11) is 0. The zero-order valence-corrected chi connectivity index (χ0v) is 21.2. The molecule has 0 bridgehead atoms. The Morgan fingerprint density at radius 2 is 1.76 bits per heavy atom. The Balaban J connectivity index is 1.36. The zero-order chi connectivity index (χ0) is 25.9. The van der Waals surface area contributed by atoms with Crippen molar-refractivity contribution in [2.24, 2.45) is 0 Å². The lowest BCUT2D eigenvalue weighted by atomic mass is 10.1. The van der Waals surface area contributed by atoms with Crippen molar-refractivity contribution in [3.63, 3.8) is 0 Å². The summed E-state index contributed by atoms with van der Waals surface area (Å²) in [5.74, 6) is 1.51. The Kier molecular flexibility index (Phi) is 6.52. The van der Waals surface area contributed by atoms with Gasteiger partial charge < -0.3 is 14.3 Å². The molecule has 1 fully saturated rings. The average Bonchev–Trinajstić information content (AvgIpc) is 3.23. The average molecular weight is 505 g/mol. The van der Waals surface area contributed by atoms with Gasteiger partial charge in [0.2, 0.25) is 0 Å². The number of fused-ring (bicyclic) bond motifs is 1. The van der Waals surface area contributed by atoms with E-state index in [0.717, 1.165) is 35.3 Å². The van der Waals surface area contributed by atoms with Crippen molar-refractivity contribution in [3.8, 4) is 11.3 Å². The van der Waals surface area contributed by atoms with Gasteiger partial charge in [0, 0.05) is 56.1 Å². The molecule has 8 heteroatoms. The first kappa shape index (κ1) is 23.8. The number of nitrogens with zero attached hydrogens (tertiary/aromatic N) is 6. The predicted octanol–water partition coefficient (Wildman–Crippen LogP) is 4.93. The quantitative estimate of drug-likeness (QED) is 0.335. The molecule has 0 radical (unpaired) electrons. The first-order valence-corrected chi connectivity index (χ1v) is 12.9. The van der Waals surface area contributed by atoms with Crippen LogP contribution in [0.3, 0.4) is 0 Å². The van der Waals surface area contributed by atoms with Gasteiger partial charge in [0.15, 0.2) is 0 Å². The molecule has 0 atom stereocenters. The summed E-state index contributed by atoms with van der Waals surface area (Å²) in [4.78, 5) is 31.4. The molecule has 0 saturated carbocycles. The molecule has 0 aliphatic carbocycles. The molecule has 1 saturated heterocycles. The number of hydrogen-bond donors (Lipinski definition) is 0. The Hall–Kier alpha value is -4.59. The number of anilines is 1. The molecule has 5 aromatic rings. The molecule has 1 aliphatic rings. The Morgan fingerprint density at radius 3 is 2.55 bits per heavy atom. The van der Waals surface area contributed by atoms with Gasteiger partial charge in [0.25, 0.3) is 11.6 Å². The number of amides is 1. The van der Waals surface area contributed by atoms with E-state index < -0.39 is 0 Å². The van der Waals surface area contributed by atoms with Crippen LogP contribution in [0.2, 0.25) is 0 Å². The maximum atomic E-state index is 13.1. The van der Waals surface area contributed by atoms with E-state index in [0.29, 0.717) is 48.9 Å². The van der Waals surface area contributed by atoms with E-state index in [9.17, 15) is 4.79 Å². The molecule has 4 heterocycles. The molecule has 3 aromatic heterocycles. The first-order chi connectivity index (χ1) is 18.7. The number of pyridine rings is 1. The third-order valence-corrected chi connectivity index (χ3v) is 6.88. The van der Waals surface area contributed by atoms with Crippen LogP contribution in [-0.4, -0.2) is 57.1 Å². The van der Waals surface area contributed by atoms with Crippen molar-refractivity contribution in [1.29, 1.82) is 0 Å². The number of carbonyl (C=O) groups is 1. The second-order valence-corrected chi connectivity index (χ2v) is 9.58. The number of aryl methyl sites for hydroxylation is 1. The minimum atomic E-state index is 0.0568. The van der Waals surface area contributed by atoms with Crippen LogP contribution in [0.1, 0.15) is 33.7 Å². The summed E-state index contributed by atoms with van der Waals surface area (Å²) in [6.45, 7) is 4.76. The fourth-order valence-electron chi connectivity index (χ4n) is 4.87. The number of hydrogen-bond acceptors (Lipinski definition) is 7. The van der Waals surface area contributed by atoms with Crippen LogP contribution in [0.25, 0.3) is 22.4 Å². The Morgan fingerprint density at radius 1 is 0.921 bits per heavy atom. The largest absolute Gasteiger partial charge is 0.354 e. The SMILES string of the molecule is Cc1ccc(Cc2nc(N3CCCN(C(=O)c4ccccc4)CC3)c3c(-c4cccnc4)noc3n2)cc1. The van der Waals surface area contributed by atoms with Gasteiger partial charge in [-0.05, 0) is 43.2 Å². The van der Waals surface area contributed by atoms with Crippen LogP contribution in [0.5, 0.6) is 0 Å². The van der Waals surface area contributed by atoms with Gasteiger partial charge in [-0.25, -0.2) is 4.98 Å². The standard InChI is InChI=1S/C30H28N6O2/c1-21-10-12-22(13-11-21)19-25-32-28(26-27(34-38-29(26)33-25)24-9-5-14-31-20-24)35-15-6-16-36(18-17-35)30(37)23-7-3-2-4-8-23/h2-5,7-14,20H,6,15-19H2,1H3. The molecule has 8 nitrogen and oxygen atoms in total. The summed E-state index contributed by atoms with van der Waals surface area (Å²) in [6, 6.07) is 21.7. The monoisotopic (exact) mass is 504 g/mol. The molecule has 0 unspecified atom stereocenters. The van der Waals surface area contributed by atoms with Crippen LogP contribution in [0.15, 0.2) is 83.6 Å². The smallest absolute Gasteiger partial charge is 0.263 e. The maximum Gasteiger partial charge on any atom is 0.263 e. The van der Waals surface area contributed by atoms with Crippen LogP contribution >= 0.6 is 0 Å². The normalized spacial score (nSPS) is 14.0. The third-order valence-electron chi connectivity index (χ3n) is 6.88. The molecule has 0 spiro atoms. The Bertz CT molecular complexity index is 1550. The van der Waals surface area contributed by atoms with Crippen molar-refractivity contribution in [3.05, 3.63) is 102 Å². The zero-order valence-electron chi connectivity index (χ0n) is 21.2. The lowest BCUT2D eigenvalue weighted by Gasteiger charge is -2.24. The highest BCUT2D eigenvalue weighted by atomic mass is 16.5. The van der Waals surface area contributed by atoms with E-state index in [-0.39, 0.29) is 5.91 Å². The van der Waals surface area contributed by atoms with Gasteiger partial charge in [0.1, 0.15) is 22.7 Å². The molecule has 190 valence electrons. The van der Waals surface area contributed by atoms with Gasteiger partial charge >= 0.3 is 0 Å². The number of rotatable bonds is 5. The summed E-state index contributed by atoms with van der Waals surface area (Å²) in [5.41, 5.74) is 5.02. The summed E-state index contributed by atoms with van der Waals surface area (Å²) < 4.78 is 5.76. The van der Waals surface area contributed by atoms with Crippen molar-refractivity contribution in [2.75, 3.05) is 31.1 Å². The van der Waals surface area contributed by atoms with E-state index in [1.165, 1.54) is 5.56 Å². The van der Waals surface area contributed by atoms with Crippen LogP contribution < -0.4 is 4.90 Å². The van der Waals surface area contributed by atoms with Crippen molar-refractivity contribution < 1.29 is 9.32 Å². The summed E-state index contributed by atoms with van der Waals surface area (Å²) in [5, 5.41) is 5.15. The third kappa shape index (κ3) is 4.85. The summed E-state index contributed by atoms with van der Waals surface area (Å²) >= 11 is 0. The van der Waals surface area contributed by atoms with Crippen molar-refractivity contribution in [1.82, 2.24) is 25.0 Å². The summed E-state index contributed by atoms with van der Waals surface area (Å²) in [6.07, 6.45) is 4.91. The highest BCUT2D eigenvalue weighted by molar-refractivity contribution is 5.98. The second-order valence-electron chi connectivity index (χ2n) is 9.58. The van der Waals surface area contributed by atoms with Crippen LogP contribution in [0.4, 0.5) is 5.82 Å². The minimum Gasteiger partial charge on any atom is -0.354 e. The van der Waals surface area contributed by atoms with Gasteiger partial charge in [-0.3, -0.25) is 9.78 Å². The number of benzene rings is 2.